The molecule has 0 spiro atoms. The van der Waals surface area contributed by atoms with Crippen LogP contribution in [0.25, 0.3) is 0 Å². The van der Waals surface area contributed by atoms with Gasteiger partial charge < -0.3 is 10.8 Å². The van der Waals surface area contributed by atoms with Gasteiger partial charge in [0.2, 0.25) is 0 Å². The molecule has 0 aliphatic rings. The van der Waals surface area contributed by atoms with E-state index in [0.717, 1.165) is 0 Å². The summed E-state index contributed by atoms with van der Waals surface area (Å²) in [5, 5.41) is 8.99. The van der Waals surface area contributed by atoms with Crippen molar-refractivity contribution in [1.82, 2.24) is 0 Å². The highest BCUT2D eigenvalue weighted by Gasteiger charge is 1.88. The summed E-state index contributed by atoms with van der Waals surface area (Å²) >= 11 is 0. The molecule has 3 heteroatoms. The molecule has 0 atom stereocenters. The number of hydrogen-bond donors (Lipinski definition) is 2. The van der Waals surface area contributed by atoms with E-state index in [4.69, 9.17) is 10.8 Å². The van der Waals surface area contributed by atoms with Crippen LogP contribution in [0.3, 0.4) is 0 Å². The predicted molar refractivity (Wildman–Crippen MR) is 44.2 cm³/mol. The Morgan fingerprint density at radius 1 is 1.50 bits per heavy atom. The zero-order valence-corrected chi connectivity index (χ0v) is 6.24. The number of carbonyl (C=O) groups is 1. The number of phenols is 1. The maximum atomic E-state index is 10.2. The molecule has 0 saturated carbocycles. The molecule has 12 heavy (non-hydrogen) atoms. The van der Waals surface area contributed by atoms with Crippen molar-refractivity contribution in [3.8, 4) is 17.6 Å². The molecule has 1 aromatic carbocycles. The number of primary amides is 1. The second-order valence-electron chi connectivity index (χ2n) is 2.16. The van der Waals surface area contributed by atoms with Crippen molar-refractivity contribution >= 4 is 5.91 Å². The first kappa shape index (κ1) is 8.15. The fourth-order valence-corrected chi connectivity index (χ4v) is 0.717. The van der Waals surface area contributed by atoms with Crippen molar-refractivity contribution in [3.63, 3.8) is 0 Å². The van der Waals surface area contributed by atoms with Gasteiger partial charge in [-0.3, -0.25) is 4.79 Å². The van der Waals surface area contributed by atoms with E-state index < -0.39 is 5.91 Å². The highest BCUT2D eigenvalue weighted by Crippen LogP contribution is 2.08. The van der Waals surface area contributed by atoms with E-state index in [1.165, 1.54) is 12.1 Å². The zero-order valence-electron chi connectivity index (χ0n) is 6.24. The summed E-state index contributed by atoms with van der Waals surface area (Å²) in [6.07, 6.45) is 0. The number of phenolic OH excluding ortho intramolecular Hbond substituents is 1. The smallest absolute Gasteiger partial charge is 0.293 e. The van der Waals surface area contributed by atoms with E-state index in [1.807, 2.05) is 0 Å². The minimum atomic E-state index is -0.682. The Morgan fingerprint density at radius 3 is 2.83 bits per heavy atom. The Balaban J connectivity index is 2.92. The maximum Gasteiger partial charge on any atom is 0.293 e. The fourth-order valence-electron chi connectivity index (χ4n) is 0.717. The van der Waals surface area contributed by atoms with Gasteiger partial charge >= 0.3 is 0 Å². The van der Waals surface area contributed by atoms with Crippen LogP contribution in [0.5, 0.6) is 5.75 Å². The van der Waals surface area contributed by atoms with E-state index in [2.05, 4.69) is 11.8 Å². The highest BCUT2D eigenvalue weighted by molar-refractivity contribution is 5.92. The van der Waals surface area contributed by atoms with Gasteiger partial charge in [0, 0.05) is 5.56 Å². The predicted octanol–water partition coefficient (Wildman–Crippen LogP) is 0.229. The van der Waals surface area contributed by atoms with Crippen LogP contribution < -0.4 is 5.73 Å². The van der Waals surface area contributed by atoms with E-state index in [1.54, 1.807) is 12.1 Å². The molecule has 0 aliphatic carbocycles. The third-order valence-corrected chi connectivity index (χ3v) is 1.18. The number of rotatable bonds is 0. The van der Waals surface area contributed by atoms with Crippen LogP contribution >= 0.6 is 0 Å². The van der Waals surface area contributed by atoms with Gasteiger partial charge in [0.05, 0.1) is 0 Å². The van der Waals surface area contributed by atoms with Crippen molar-refractivity contribution in [2.45, 2.75) is 0 Å². The number of nitrogens with two attached hydrogens (primary N) is 1. The molecule has 1 rings (SSSR count). The Bertz CT molecular complexity index is 360. The van der Waals surface area contributed by atoms with Crippen molar-refractivity contribution in [2.75, 3.05) is 0 Å². The molecule has 0 bridgehead atoms. The van der Waals surface area contributed by atoms with Gasteiger partial charge in [-0.25, -0.2) is 0 Å². The topological polar surface area (TPSA) is 63.3 Å². The molecular weight excluding hydrogens is 154 g/mol. The Labute approximate surface area is 69.8 Å². The molecule has 0 aromatic heterocycles. The summed E-state index contributed by atoms with van der Waals surface area (Å²) in [5.41, 5.74) is 5.37. The first-order chi connectivity index (χ1) is 5.68. The average Bonchev–Trinajstić information content (AvgIpc) is 2.01. The molecule has 0 unspecified atom stereocenters. The standard InChI is InChI=1S/C9H7NO2/c10-9(12)5-4-7-2-1-3-8(11)6-7/h1-3,6,11H,(H2,10,12). The van der Waals surface area contributed by atoms with E-state index in [-0.39, 0.29) is 5.75 Å². The number of carbonyl (C=O) groups excluding carboxylic acids is 1. The van der Waals surface area contributed by atoms with Crippen LogP contribution in [0.15, 0.2) is 24.3 Å². The molecule has 3 N–H and O–H groups in total. The first-order valence-electron chi connectivity index (χ1n) is 3.29. The fraction of sp³-hybridized carbons (Fsp3) is 0. The zero-order chi connectivity index (χ0) is 8.97. The third-order valence-electron chi connectivity index (χ3n) is 1.18. The third kappa shape index (κ3) is 2.35. The summed E-state index contributed by atoms with van der Waals surface area (Å²) in [6.45, 7) is 0. The van der Waals surface area contributed by atoms with Gasteiger partial charge in [-0.1, -0.05) is 12.0 Å². The van der Waals surface area contributed by atoms with Crippen LogP contribution in [-0.4, -0.2) is 11.0 Å². The lowest BCUT2D eigenvalue weighted by molar-refractivity contribution is -0.112. The largest absolute Gasteiger partial charge is 0.508 e. The second kappa shape index (κ2) is 3.44. The molecule has 0 saturated heterocycles. The van der Waals surface area contributed by atoms with Gasteiger partial charge in [-0.15, -0.1) is 0 Å². The number of hydrogen-bond acceptors (Lipinski definition) is 2. The van der Waals surface area contributed by atoms with Gasteiger partial charge in [0.15, 0.2) is 0 Å². The summed E-state index contributed by atoms with van der Waals surface area (Å²) in [7, 11) is 0. The first-order valence-corrected chi connectivity index (χ1v) is 3.29. The summed E-state index contributed by atoms with van der Waals surface area (Å²) < 4.78 is 0. The summed E-state index contributed by atoms with van der Waals surface area (Å²) in [5.74, 6) is 4.10. The van der Waals surface area contributed by atoms with Crippen LogP contribution in [0.1, 0.15) is 5.56 Å². The van der Waals surface area contributed by atoms with Gasteiger partial charge in [0.1, 0.15) is 5.75 Å². The molecular formula is C9H7NO2. The van der Waals surface area contributed by atoms with Crippen LogP contribution in [-0.2, 0) is 4.79 Å². The highest BCUT2D eigenvalue weighted by atomic mass is 16.3. The quantitative estimate of drug-likeness (QED) is 0.535. The monoisotopic (exact) mass is 161 g/mol. The van der Waals surface area contributed by atoms with Crippen molar-refractivity contribution in [2.24, 2.45) is 5.73 Å². The van der Waals surface area contributed by atoms with Crippen molar-refractivity contribution in [1.29, 1.82) is 0 Å². The van der Waals surface area contributed by atoms with Crippen LogP contribution in [0.4, 0.5) is 0 Å². The Kier molecular flexibility index (Phi) is 2.34. The molecule has 3 nitrogen and oxygen atoms in total. The van der Waals surface area contributed by atoms with Crippen LogP contribution in [0, 0.1) is 11.8 Å². The minimum Gasteiger partial charge on any atom is -0.508 e. The van der Waals surface area contributed by atoms with E-state index in [0.29, 0.717) is 5.56 Å². The van der Waals surface area contributed by atoms with E-state index >= 15 is 0 Å². The van der Waals surface area contributed by atoms with Gasteiger partial charge in [-0.2, -0.15) is 0 Å². The van der Waals surface area contributed by atoms with E-state index in [9.17, 15) is 4.79 Å². The Morgan fingerprint density at radius 2 is 2.25 bits per heavy atom. The molecule has 0 aliphatic heterocycles. The van der Waals surface area contributed by atoms with Crippen molar-refractivity contribution in [3.05, 3.63) is 29.8 Å². The normalized spacial score (nSPS) is 8.33. The Hall–Kier alpha value is -1.95. The van der Waals surface area contributed by atoms with Gasteiger partial charge in [-0.05, 0) is 24.1 Å². The van der Waals surface area contributed by atoms with Gasteiger partial charge in [0.25, 0.3) is 5.91 Å². The molecule has 0 radical (unpaired) electrons. The lowest BCUT2D eigenvalue weighted by Gasteiger charge is -1.90. The number of benzene rings is 1. The molecule has 0 fully saturated rings. The summed E-state index contributed by atoms with van der Waals surface area (Å²) in [6, 6.07) is 6.29. The second-order valence-corrected chi connectivity index (χ2v) is 2.16. The lowest BCUT2D eigenvalue weighted by atomic mass is 10.2. The molecule has 1 aromatic rings. The molecule has 0 heterocycles. The molecule has 60 valence electrons. The number of aromatic hydroxyl groups is 1. The maximum absolute atomic E-state index is 10.2. The minimum absolute atomic E-state index is 0.117. The van der Waals surface area contributed by atoms with Crippen LogP contribution in [0.2, 0.25) is 0 Å². The number of amides is 1. The lowest BCUT2D eigenvalue weighted by Crippen LogP contribution is -2.06. The SMILES string of the molecule is NC(=O)C#Cc1cccc(O)c1. The average molecular weight is 161 g/mol. The summed E-state index contributed by atoms with van der Waals surface area (Å²) in [4.78, 5) is 10.2. The van der Waals surface area contributed by atoms with Crippen molar-refractivity contribution < 1.29 is 9.90 Å². The molecule has 1 amide bonds.